The maximum absolute atomic E-state index is 12.4. The first-order valence-electron chi connectivity index (χ1n) is 7.18. The summed E-state index contributed by atoms with van der Waals surface area (Å²) in [5.41, 5.74) is 4.67. The van der Waals surface area contributed by atoms with Gasteiger partial charge in [0.05, 0.1) is 19.2 Å². The molecule has 0 aliphatic carbocycles. The van der Waals surface area contributed by atoms with E-state index in [1.165, 1.54) is 5.56 Å². The van der Waals surface area contributed by atoms with E-state index in [1.807, 2.05) is 38.1 Å². The zero-order valence-electron chi connectivity index (χ0n) is 13.1. The summed E-state index contributed by atoms with van der Waals surface area (Å²) in [4.78, 5) is 16.8. The zero-order chi connectivity index (χ0) is 15.4. The van der Waals surface area contributed by atoms with Crippen LogP contribution in [0.1, 0.15) is 39.7 Å². The summed E-state index contributed by atoms with van der Waals surface area (Å²) in [6, 6.07) is 7.79. The summed E-state index contributed by atoms with van der Waals surface area (Å²) in [7, 11) is 1.64. The number of hydrogen-bond acceptors (Lipinski definition) is 3. The molecule has 1 heterocycles. The number of ketones is 1. The van der Waals surface area contributed by atoms with Gasteiger partial charge in [-0.15, -0.1) is 0 Å². The summed E-state index contributed by atoms with van der Waals surface area (Å²) in [6.45, 7) is 6.00. The van der Waals surface area contributed by atoms with Gasteiger partial charge in [0.15, 0.2) is 5.78 Å². The number of aromatic nitrogens is 1. The van der Waals surface area contributed by atoms with Gasteiger partial charge in [-0.25, -0.2) is 0 Å². The van der Waals surface area contributed by atoms with Gasteiger partial charge in [-0.2, -0.15) is 0 Å². The van der Waals surface area contributed by atoms with Gasteiger partial charge in [0.25, 0.3) is 0 Å². The number of hydrogen-bond donors (Lipinski definition) is 0. The predicted octanol–water partition coefficient (Wildman–Crippen LogP) is 3.69. The molecule has 2 rings (SSSR count). The van der Waals surface area contributed by atoms with Crippen LogP contribution in [0.4, 0.5) is 0 Å². The largest absolute Gasteiger partial charge is 0.496 e. The second-order valence-corrected chi connectivity index (χ2v) is 5.20. The number of ether oxygens (including phenoxy) is 1. The summed E-state index contributed by atoms with van der Waals surface area (Å²) in [5, 5.41) is 0. The van der Waals surface area contributed by atoms with Crippen molar-refractivity contribution in [2.75, 3.05) is 7.11 Å². The Morgan fingerprint density at radius 1 is 1.19 bits per heavy atom. The second-order valence-electron chi connectivity index (χ2n) is 5.20. The number of carbonyl (C=O) groups is 1. The third kappa shape index (κ3) is 3.30. The molecule has 0 N–H and O–H groups in total. The Kier molecular flexibility index (Phi) is 4.73. The van der Waals surface area contributed by atoms with Crippen molar-refractivity contribution < 1.29 is 9.53 Å². The molecule has 0 saturated carbocycles. The van der Waals surface area contributed by atoms with Gasteiger partial charge in [-0.1, -0.05) is 31.2 Å². The molecule has 0 unspecified atom stereocenters. The number of pyridine rings is 1. The number of benzene rings is 1. The van der Waals surface area contributed by atoms with E-state index in [1.54, 1.807) is 13.3 Å². The lowest BCUT2D eigenvalue weighted by molar-refractivity contribution is 0.0991. The third-order valence-electron chi connectivity index (χ3n) is 3.76. The van der Waals surface area contributed by atoms with E-state index in [0.29, 0.717) is 6.42 Å². The van der Waals surface area contributed by atoms with E-state index in [0.717, 1.165) is 34.6 Å². The molecule has 0 atom stereocenters. The number of carbonyl (C=O) groups excluding carboxylic acids is 1. The normalized spacial score (nSPS) is 10.5. The van der Waals surface area contributed by atoms with E-state index >= 15 is 0 Å². The average Bonchev–Trinajstić information content (AvgIpc) is 2.50. The molecular weight excluding hydrogens is 262 g/mol. The molecule has 0 saturated heterocycles. The maximum Gasteiger partial charge on any atom is 0.168 e. The highest BCUT2D eigenvalue weighted by Gasteiger charge is 2.14. The minimum Gasteiger partial charge on any atom is -0.496 e. The molecule has 1 aromatic heterocycles. The molecule has 21 heavy (non-hydrogen) atoms. The van der Waals surface area contributed by atoms with Crippen LogP contribution in [0.15, 0.2) is 30.5 Å². The van der Waals surface area contributed by atoms with Gasteiger partial charge in [-0.05, 0) is 25.8 Å². The molecule has 0 spiro atoms. The quantitative estimate of drug-likeness (QED) is 0.785. The fraction of sp³-hybridized carbons (Fsp3) is 0.333. The SMILES string of the molecule is CCc1ccc(C(=O)Cc2ncc(C)c(OC)c2C)cc1. The van der Waals surface area contributed by atoms with E-state index in [2.05, 4.69) is 11.9 Å². The lowest BCUT2D eigenvalue weighted by Crippen LogP contribution is -2.08. The lowest BCUT2D eigenvalue weighted by Gasteiger charge is -2.12. The van der Waals surface area contributed by atoms with Crippen LogP contribution in [0.5, 0.6) is 5.75 Å². The summed E-state index contributed by atoms with van der Waals surface area (Å²) in [5.74, 6) is 0.897. The molecular formula is C18H21NO2. The van der Waals surface area contributed by atoms with Gasteiger partial charge in [0.1, 0.15) is 5.75 Å². The van der Waals surface area contributed by atoms with Crippen LogP contribution in [-0.2, 0) is 12.8 Å². The summed E-state index contributed by atoms with van der Waals surface area (Å²) in [6.07, 6.45) is 3.03. The van der Waals surface area contributed by atoms with Crippen molar-refractivity contribution in [3.8, 4) is 5.75 Å². The second kappa shape index (κ2) is 6.53. The van der Waals surface area contributed by atoms with Gasteiger partial charge in [0, 0.05) is 22.9 Å². The fourth-order valence-electron chi connectivity index (χ4n) is 2.43. The Morgan fingerprint density at radius 2 is 1.86 bits per heavy atom. The van der Waals surface area contributed by atoms with Crippen molar-refractivity contribution in [3.05, 3.63) is 58.4 Å². The van der Waals surface area contributed by atoms with Crippen molar-refractivity contribution in [1.82, 2.24) is 4.98 Å². The number of rotatable bonds is 5. The third-order valence-corrected chi connectivity index (χ3v) is 3.76. The molecule has 0 aliphatic rings. The van der Waals surface area contributed by atoms with Gasteiger partial charge in [0.2, 0.25) is 0 Å². The van der Waals surface area contributed by atoms with Crippen LogP contribution in [0, 0.1) is 13.8 Å². The molecule has 0 amide bonds. The number of aryl methyl sites for hydroxylation is 2. The Morgan fingerprint density at radius 3 is 2.43 bits per heavy atom. The Balaban J connectivity index is 2.23. The average molecular weight is 283 g/mol. The summed E-state index contributed by atoms with van der Waals surface area (Å²) >= 11 is 0. The standard InChI is InChI=1S/C18H21NO2/c1-5-14-6-8-15(9-7-14)17(20)10-16-13(3)18(21-4)12(2)11-19-16/h6-9,11H,5,10H2,1-4H3. The van der Waals surface area contributed by atoms with Crippen LogP contribution in [0.3, 0.4) is 0 Å². The van der Waals surface area contributed by atoms with Crippen LogP contribution in [0.2, 0.25) is 0 Å². The van der Waals surface area contributed by atoms with Crippen molar-refractivity contribution in [2.24, 2.45) is 0 Å². The minimum absolute atomic E-state index is 0.0826. The van der Waals surface area contributed by atoms with Crippen LogP contribution in [-0.4, -0.2) is 17.9 Å². The van der Waals surface area contributed by atoms with Crippen LogP contribution in [0.25, 0.3) is 0 Å². The van der Waals surface area contributed by atoms with Crippen LogP contribution < -0.4 is 4.74 Å². The Labute approximate surface area is 126 Å². The zero-order valence-corrected chi connectivity index (χ0v) is 13.1. The van der Waals surface area contributed by atoms with E-state index < -0.39 is 0 Å². The lowest BCUT2D eigenvalue weighted by atomic mass is 10.0. The maximum atomic E-state index is 12.4. The molecule has 0 aliphatic heterocycles. The van der Waals surface area contributed by atoms with Crippen molar-refractivity contribution >= 4 is 5.78 Å². The number of Topliss-reactive ketones (excluding diaryl/α,β-unsaturated/α-hetero) is 1. The predicted molar refractivity (Wildman–Crippen MR) is 84.1 cm³/mol. The number of nitrogens with zero attached hydrogens (tertiary/aromatic N) is 1. The highest BCUT2D eigenvalue weighted by Crippen LogP contribution is 2.24. The monoisotopic (exact) mass is 283 g/mol. The smallest absolute Gasteiger partial charge is 0.168 e. The molecule has 0 bridgehead atoms. The minimum atomic E-state index is 0.0826. The van der Waals surface area contributed by atoms with Crippen molar-refractivity contribution in [2.45, 2.75) is 33.6 Å². The molecule has 3 nitrogen and oxygen atoms in total. The molecule has 0 radical (unpaired) electrons. The summed E-state index contributed by atoms with van der Waals surface area (Å²) < 4.78 is 5.38. The van der Waals surface area contributed by atoms with Gasteiger partial charge >= 0.3 is 0 Å². The first kappa shape index (κ1) is 15.2. The molecule has 1 aromatic carbocycles. The van der Waals surface area contributed by atoms with E-state index in [9.17, 15) is 4.79 Å². The first-order valence-corrected chi connectivity index (χ1v) is 7.18. The molecule has 0 fully saturated rings. The Hall–Kier alpha value is -2.16. The highest BCUT2D eigenvalue weighted by molar-refractivity contribution is 5.97. The topological polar surface area (TPSA) is 39.2 Å². The van der Waals surface area contributed by atoms with Gasteiger partial charge < -0.3 is 4.74 Å². The molecule has 110 valence electrons. The number of methoxy groups -OCH3 is 1. The Bertz CT molecular complexity index is 645. The van der Waals surface area contributed by atoms with E-state index in [4.69, 9.17) is 4.74 Å². The fourth-order valence-corrected chi connectivity index (χ4v) is 2.43. The van der Waals surface area contributed by atoms with Crippen molar-refractivity contribution in [1.29, 1.82) is 0 Å². The van der Waals surface area contributed by atoms with Crippen molar-refractivity contribution in [3.63, 3.8) is 0 Å². The first-order chi connectivity index (χ1) is 10.1. The molecule has 2 aromatic rings. The molecule has 3 heteroatoms. The highest BCUT2D eigenvalue weighted by atomic mass is 16.5. The van der Waals surface area contributed by atoms with Gasteiger partial charge in [-0.3, -0.25) is 9.78 Å². The van der Waals surface area contributed by atoms with Crippen LogP contribution >= 0.6 is 0 Å². The van der Waals surface area contributed by atoms with E-state index in [-0.39, 0.29) is 5.78 Å².